The van der Waals surface area contributed by atoms with Crippen LogP contribution in [0.1, 0.15) is 15.9 Å². The van der Waals surface area contributed by atoms with Crippen molar-refractivity contribution in [1.29, 1.82) is 0 Å². The van der Waals surface area contributed by atoms with Crippen LogP contribution in [0.4, 0.5) is 5.13 Å². The van der Waals surface area contributed by atoms with E-state index in [0.717, 1.165) is 10.3 Å². The van der Waals surface area contributed by atoms with Crippen molar-refractivity contribution in [1.82, 2.24) is 14.2 Å². The first-order valence-electron chi connectivity index (χ1n) is 12.2. The van der Waals surface area contributed by atoms with E-state index in [1.54, 1.807) is 44.4 Å². The number of amides is 1. The average Bonchev–Trinajstić information content (AvgIpc) is 3.38. The van der Waals surface area contributed by atoms with Crippen molar-refractivity contribution in [2.45, 2.75) is 11.4 Å². The van der Waals surface area contributed by atoms with Crippen LogP contribution < -0.4 is 14.4 Å². The minimum Gasteiger partial charge on any atom is -0.495 e. The highest BCUT2D eigenvalue weighted by Gasteiger charge is 2.25. The number of hydrogen-bond donors (Lipinski definition) is 0. The molecule has 39 heavy (non-hydrogen) atoms. The van der Waals surface area contributed by atoms with Crippen LogP contribution in [0.2, 0.25) is 0 Å². The van der Waals surface area contributed by atoms with Crippen molar-refractivity contribution in [3.8, 4) is 11.5 Å². The second kappa shape index (κ2) is 12.1. The first-order chi connectivity index (χ1) is 18.6. The van der Waals surface area contributed by atoms with Gasteiger partial charge in [0.15, 0.2) is 5.13 Å². The van der Waals surface area contributed by atoms with Gasteiger partial charge in [-0.3, -0.25) is 9.69 Å². The molecule has 0 fully saturated rings. The molecule has 1 aromatic heterocycles. The van der Waals surface area contributed by atoms with Gasteiger partial charge in [0.05, 0.1) is 19.1 Å². The Bertz CT molecular complexity index is 1500. The summed E-state index contributed by atoms with van der Waals surface area (Å²) in [6.07, 6.45) is 0. The standard InChI is InChI=1S/C28H32N4O5S2/c1-30(2)17-18-32(28-29-25-23(36-4)15-16-24(37-5)26(25)38-28)27(33)21-11-13-22(14-12-21)39(34,35)31(3)19-20-9-7-6-8-10-20/h6-16H,17-19H2,1-5H3. The zero-order valence-corrected chi connectivity index (χ0v) is 24.3. The fourth-order valence-electron chi connectivity index (χ4n) is 4.00. The molecule has 0 aliphatic rings. The topological polar surface area (TPSA) is 92.3 Å². The van der Waals surface area contributed by atoms with Crippen molar-refractivity contribution >= 4 is 42.6 Å². The Morgan fingerprint density at radius 1 is 0.872 bits per heavy atom. The van der Waals surface area contributed by atoms with Crippen LogP contribution in [0.3, 0.4) is 0 Å². The maximum atomic E-state index is 13.7. The SMILES string of the molecule is COc1ccc(OC)c2sc(N(CCN(C)C)C(=O)c3ccc(S(=O)(=O)N(C)Cc4ccccc4)cc3)nc12. The van der Waals surface area contributed by atoms with E-state index in [1.165, 1.54) is 27.8 Å². The van der Waals surface area contributed by atoms with Gasteiger partial charge in [-0.1, -0.05) is 41.7 Å². The van der Waals surface area contributed by atoms with Gasteiger partial charge in [-0.2, -0.15) is 4.31 Å². The van der Waals surface area contributed by atoms with Crippen molar-refractivity contribution in [3.63, 3.8) is 0 Å². The Morgan fingerprint density at radius 3 is 2.13 bits per heavy atom. The summed E-state index contributed by atoms with van der Waals surface area (Å²) in [4.78, 5) is 22.2. The molecule has 11 heteroatoms. The average molecular weight is 569 g/mol. The van der Waals surface area contributed by atoms with E-state index in [9.17, 15) is 13.2 Å². The number of hydrogen-bond acceptors (Lipinski definition) is 8. The lowest BCUT2D eigenvalue weighted by Gasteiger charge is -2.22. The molecule has 3 aromatic carbocycles. The van der Waals surface area contributed by atoms with Crippen LogP contribution >= 0.6 is 11.3 Å². The molecule has 1 amide bonds. The van der Waals surface area contributed by atoms with Crippen LogP contribution in [0.25, 0.3) is 10.2 Å². The van der Waals surface area contributed by atoms with E-state index in [0.29, 0.717) is 40.8 Å². The predicted octanol–water partition coefficient (Wildman–Crippen LogP) is 4.34. The zero-order chi connectivity index (χ0) is 28.2. The third-order valence-corrected chi connectivity index (χ3v) is 9.11. The lowest BCUT2D eigenvalue weighted by Crippen LogP contribution is -2.36. The van der Waals surface area contributed by atoms with Crippen molar-refractivity contribution in [2.75, 3.05) is 53.4 Å². The third kappa shape index (κ3) is 6.22. The van der Waals surface area contributed by atoms with Gasteiger partial charge in [-0.15, -0.1) is 0 Å². The molecule has 9 nitrogen and oxygen atoms in total. The summed E-state index contributed by atoms with van der Waals surface area (Å²) >= 11 is 1.34. The number of ether oxygens (including phenoxy) is 2. The molecule has 0 N–H and O–H groups in total. The van der Waals surface area contributed by atoms with E-state index in [4.69, 9.17) is 14.5 Å². The summed E-state index contributed by atoms with van der Waals surface area (Å²) in [6.45, 7) is 1.23. The lowest BCUT2D eigenvalue weighted by molar-refractivity contribution is 0.0985. The Morgan fingerprint density at radius 2 is 1.51 bits per heavy atom. The molecule has 0 saturated heterocycles. The summed E-state index contributed by atoms with van der Waals surface area (Å²) < 4.78 is 39.4. The van der Waals surface area contributed by atoms with Crippen LogP contribution in [-0.4, -0.2) is 77.0 Å². The summed E-state index contributed by atoms with van der Waals surface area (Å²) in [7, 11) is 4.81. The summed E-state index contributed by atoms with van der Waals surface area (Å²) in [6, 6.07) is 19.0. The summed E-state index contributed by atoms with van der Waals surface area (Å²) in [5.41, 5.74) is 1.86. The molecule has 4 rings (SSSR count). The summed E-state index contributed by atoms with van der Waals surface area (Å²) in [5, 5.41) is 0.499. The number of nitrogens with zero attached hydrogens (tertiary/aromatic N) is 4. The molecule has 0 atom stereocenters. The van der Waals surface area contributed by atoms with Gasteiger partial charge in [0.1, 0.15) is 21.7 Å². The monoisotopic (exact) mass is 568 g/mol. The van der Waals surface area contributed by atoms with E-state index < -0.39 is 10.0 Å². The van der Waals surface area contributed by atoms with Crippen molar-refractivity contribution in [3.05, 3.63) is 77.9 Å². The molecule has 0 saturated carbocycles. The molecular formula is C28H32N4O5S2. The quantitative estimate of drug-likeness (QED) is 0.266. The number of sulfonamides is 1. The van der Waals surface area contributed by atoms with E-state index >= 15 is 0 Å². The number of carbonyl (C=O) groups is 1. The van der Waals surface area contributed by atoms with Gasteiger partial charge in [0.2, 0.25) is 10.0 Å². The molecular weight excluding hydrogens is 536 g/mol. The number of thiazole rings is 1. The molecule has 0 unspecified atom stereocenters. The fourth-order valence-corrected chi connectivity index (χ4v) is 6.26. The molecule has 0 aliphatic heterocycles. The fraction of sp³-hybridized carbons (Fsp3) is 0.286. The van der Waals surface area contributed by atoms with Gasteiger partial charge in [0.25, 0.3) is 5.91 Å². The highest BCUT2D eigenvalue weighted by atomic mass is 32.2. The number of rotatable bonds is 11. The maximum absolute atomic E-state index is 13.7. The Kier molecular flexibility index (Phi) is 8.86. The molecule has 0 spiro atoms. The molecule has 4 aromatic rings. The van der Waals surface area contributed by atoms with E-state index in [-0.39, 0.29) is 17.3 Å². The number of likely N-dealkylation sites (N-methyl/N-ethyl adjacent to an activating group) is 1. The highest BCUT2D eigenvalue weighted by Crippen LogP contribution is 2.40. The number of aromatic nitrogens is 1. The molecule has 0 aliphatic carbocycles. The second-order valence-corrected chi connectivity index (χ2v) is 12.2. The Balaban J connectivity index is 1.63. The van der Waals surface area contributed by atoms with Gasteiger partial charge < -0.3 is 14.4 Å². The van der Waals surface area contributed by atoms with Crippen LogP contribution in [0.5, 0.6) is 11.5 Å². The van der Waals surface area contributed by atoms with Crippen LogP contribution in [0, 0.1) is 0 Å². The van der Waals surface area contributed by atoms with Crippen LogP contribution in [0.15, 0.2) is 71.6 Å². The molecule has 0 radical (unpaired) electrons. The first-order valence-corrected chi connectivity index (χ1v) is 14.5. The van der Waals surface area contributed by atoms with Gasteiger partial charge >= 0.3 is 0 Å². The van der Waals surface area contributed by atoms with Gasteiger partial charge in [0, 0.05) is 32.2 Å². The minimum atomic E-state index is -3.74. The maximum Gasteiger partial charge on any atom is 0.260 e. The number of carbonyl (C=O) groups excluding carboxylic acids is 1. The molecule has 0 bridgehead atoms. The number of methoxy groups -OCH3 is 2. The Labute approximate surface area is 233 Å². The second-order valence-electron chi connectivity index (χ2n) is 9.18. The number of anilines is 1. The third-order valence-electron chi connectivity index (χ3n) is 6.20. The Hall–Kier alpha value is -3.51. The minimum absolute atomic E-state index is 0.117. The van der Waals surface area contributed by atoms with E-state index in [2.05, 4.69) is 0 Å². The van der Waals surface area contributed by atoms with Gasteiger partial charge in [-0.25, -0.2) is 13.4 Å². The van der Waals surface area contributed by atoms with Crippen molar-refractivity contribution in [2.24, 2.45) is 0 Å². The van der Waals surface area contributed by atoms with Crippen molar-refractivity contribution < 1.29 is 22.7 Å². The molecule has 1 heterocycles. The smallest absolute Gasteiger partial charge is 0.260 e. The van der Waals surface area contributed by atoms with Gasteiger partial charge in [-0.05, 0) is 56.1 Å². The number of fused-ring (bicyclic) bond motifs is 1. The van der Waals surface area contributed by atoms with E-state index in [1.807, 2.05) is 55.4 Å². The first kappa shape index (κ1) is 28.5. The number of benzene rings is 3. The molecule has 206 valence electrons. The predicted molar refractivity (Wildman–Crippen MR) is 154 cm³/mol. The normalized spacial score (nSPS) is 11.8. The summed E-state index contributed by atoms with van der Waals surface area (Å²) in [5.74, 6) is 0.946. The lowest BCUT2D eigenvalue weighted by atomic mass is 10.2. The zero-order valence-electron chi connectivity index (χ0n) is 22.6. The van der Waals surface area contributed by atoms with Crippen LogP contribution in [-0.2, 0) is 16.6 Å². The highest BCUT2D eigenvalue weighted by molar-refractivity contribution is 7.89. The largest absolute Gasteiger partial charge is 0.495 e.